The molecule has 6 nitrogen and oxygen atoms in total. The van der Waals surface area contributed by atoms with E-state index in [4.69, 9.17) is 12.2 Å². The Hall–Kier alpha value is -2.36. The molecule has 162 valence electrons. The predicted octanol–water partition coefficient (Wildman–Crippen LogP) is 2.69. The summed E-state index contributed by atoms with van der Waals surface area (Å²) in [4.78, 5) is 33.5. The number of amides is 1. The highest BCUT2D eigenvalue weighted by Gasteiger charge is 2.38. The molecule has 1 amide bonds. The van der Waals surface area contributed by atoms with Gasteiger partial charge in [-0.25, -0.2) is 0 Å². The quantitative estimate of drug-likeness (QED) is 0.641. The SMILES string of the molecule is CCN1C(C)=C(C)SC1=c1sc(=C2C(=O)N(c3ccccc3)C(=S)N2C)n(CC)c1=O. The number of likely N-dealkylation sites (N-methyl/N-ethyl adjacent to an activating group) is 1. The van der Waals surface area contributed by atoms with E-state index in [9.17, 15) is 9.59 Å². The Kier molecular flexibility index (Phi) is 5.85. The van der Waals surface area contributed by atoms with Gasteiger partial charge in [-0.2, -0.15) is 0 Å². The molecule has 0 saturated carbocycles. The second-order valence-corrected chi connectivity index (χ2v) is 9.81. The number of thioether (sulfide) groups is 1. The van der Waals surface area contributed by atoms with Gasteiger partial charge in [0.15, 0.2) is 5.11 Å². The molecule has 1 aromatic carbocycles. The molecule has 9 heteroatoms. The molecular formula is C22H24N4O2S3. The number of allylic oxidation sites excluding steroid dienone is 2. The van der Waals surface area contributed by atoms with Crippen LogP contribution in [0.25, 0.3) is 10.7 Å². The van der Waals surface area contributed by atoms with Gasteiger partial charge in [0, 0.05) is 30.7 Å². The number of carbonyl (C=O) groups is 1. The van der Waals surface area contributed by atoms with Crippen LogP contribution in [0.5, 0.6) is 0 Å². The minimum atomic E-state index is -0.212. The average Bonchev–Trinajstić information content (AvgIpc) is 3.31. The second-order valence-electron chi connectivity index (χ2n) is 7.25. The van der Waals surface area contributed by atoms with Crippen LogP contribution in [0.3, 0.4) is 0 Å². The molecule has 0 radical (unpaired) electrons. The molecule has 4 rings (SSSR count). The summed E-state index contributed by atoms with van der Waals surface area (Å²) in [5.74, 6) is -0.212. The zero-order valence-electron chi connectivity index (χ0n) is 18.1. The maximum absolute atomic E-state index is 13.5. The van der Waals surface area contributed by atoms with Gasteiger partial charge in [0.1, 0.15) is 19.9 Å². The Morgan fingerprint density at radius 2 is 1.71 bits per heavy atom. The van der Waals surface area contributed by atoms with E-state index < -0.39 is 0 Å². The number of hydrogen-bond donors (Lipinski definition) is 0. The first-order valence-electron chi connectivity index (χ1n) is 10.1. The minimum absolute atomic E-state index is 0.0660. The first-order chi connectivity index (χ1) is 14.8. The average molecular weight is 473 g/mol. The van der Waals surface area contributed by atoms with Crippen molar-refractivity contribution in [2.75, 3.05) is 18.5 Å². The summed E-state index contributed by atoms with van der Waals surface area (Å²) >= 11 is 8.59. The van der Waals surface area contributed by atoms with Crippen LogP contribution in [0.15, 0.2) is 45.7 Å². The monoisotopic (exact) mass is 472 g/mol. The Morgan fingerprint density at radius 3 is 2.32 bits per heavy atom. The number of carbonyl (C=O) groups excluding carboxylic acids is 1. The first kappa shape index (κ1) is 21.9. The number of aromatic nitrogens is 1. The van der Waals surface area contributed by atoms with E-state index in [2.05, 4.69) is 25.7 Å². The van der Waals surface area contributed by atoms with Crippen LogP contribution in [-0.2, 0) is 11.3 Å². The van der Waals surface area contributed by atoms with Crippen LogP contribution in [0.1, 0.15) is 27.7 Å². The fraction of sp³-hybridized carbons (Fsp3) is 0.318. The standard InChI is InChI=1S/C22H24N4O2S3/c1-6-24-13(3)14(4)30-21(24)17-19(28)25(7-2)20(31-17)16-18(27)26(22(29)23(16)5)15-11-9-8-10-12-15/h8-12H,6-7H2,1-5H3. The third kappa shape index (κ3) is 3.35. The molecule has 31 heavy (non-hydrogen) atoms. The van der Waals surface area contributed by atoms with Gasteiger partial charge < -0.3 is 9.80 Å². The summed E-state index contributed by atoms with van der Waals surface area (Å²) < 4.78 is 2.99. The second kappa shape index (κ2) is 8.29. The summed E-state index contributed by atoms with van der Waals surface area (Å²) in [5, 5.41) is 1.35. The highest BCUT2D eigenvalue weighted by Crippen LogP contribution is 2.40. The van der Waals surface area contributed by atoms with E-state index in [-0.39, 0.29) is 11.5 Å². The molecule has 2 aliphatic rings. The summed E-state index contributed by atoms with van der Waals surface area (Å²) in [6.07, 6.45) is 0. The summed E-state index contributed by atoms with van der Waals surface area (Å²) in [5.41, 5.74) is 2.26. The van der Waals surface area contributed by atoms with E-state index in [1.165, 1.54) is 21.1 Å². The van der Waals surface area contributed by atoms with Crippen molar-refractivity contribution in [2.24, 2.45) is 0 Å². The molecule has 2 aromatic rings. The lowest BCUT2D eigenvalue weighted by atomic mass is 10.3. The number of anilines is 1. The molecule has 3 heterocycles. The first-order valence-corrected chi connectivity index (χ1v) is 12.1. The third-order valence-electron chi connectivity index (χ3n) is 5.56. The van der Waals surface area contributed by atoms with Crippen LogP contribution in [0.4, 0.5) is 5.69 Å². The lowest BCUT2D eigenvalue weighted by Crippen LogP contribution is -2.35. The maximum Gasteiger partial charge on any atom is 0.284 e. The van der Waals surface area contributed by atoms with Gasteiger partial charge in [-0.05, 0) is 52.0 Å². The molecular weight excluding hydrogens is 448 g/mol. The number of nitrogens with zero attached hydrogens (tertiary/aromatic N) is 4. The van der Waals surface area contributed by atoms with E-state index in [1.54, 1.807) is 28.3 Å². The van der Waals surface area contributed by atoms with Crippen LogP contribution in [0, 0.1) is 0 Å². The van der Waals surface area contributed by atoms with Gasteiger partial charge in [0.25, 0.3) is 11.5 Å². The van der Waals surface area contributed by atoms with Crippen molar-refractivity contribution >= 4 is 62.7 Å². The van der Waals surface area contributed by atoms with E-state index >= 15 is 0 Å². The Bertz CT molecular complexity index is 1290. The molecule has 1 saturated heterocycles. The summed E-state index contributed by atoms with van der Waals surface area (Å²) in [6.45, 7) is 9.41. The molecule has 0 N–H and O–H groups in total. The number of thiocarbonyl (C=S) groups is 1. The van der Waals surface area contributed by atoms with Crippen molar-refractivity contribution in [1.29, 1.82) is 0 Å². The van der Waals surface area contributed by atoms with Crippen LogP contribution >= 0.6 is 35.3 Å². The summed E-state index contributed by atoms with van der Waals surface area (Å²) in [7, 11) is 1.79. The molecule has 0 aliphatic carbocycles. The molecule has 0 spiro atoms. The van der Waals surface area contributed by atoms with Crippen molar-refractivity contribution in [3.8, 4) is 0 Å². The smallest absolute Gasteiger partial charge is 0.284 e. The summed E-state index contributed by atoms with van der Waals surface area (Å²) in [6, 6.07) is 9.36. The van der Waals surface area contributed by atoms with Crippen LogP contribution in [0.2, 0.25) is 0 Å². The number of rotatable bonds is 3. The predicted molar refractivity (Wildman–Crippen MR) is 133 cm³/mol. The van der Waals surface area contributed by atoms with E-state index in [0.29, 0.717) is 26.5 Å². The largest absolute Gasteiger partial charge is 0.338 e. The normalized spacial score (nSPS) is 20.6. The van der Waals surface area contributed by atoms with Gasteiger partial charge in [-0.1, -0.05) is 30.0 Å². The fourth-order valence-corrected chi connectivity index (χ4v) is 6.66. The zero-order chi connectivity index (χ0) is 22.4. The molecule has 0 atom stereocenters. The van der Waals surface area contributed by atoms with Gasteiger partial charge in [0.2, 0.25) is 0 Å². The Balaban J connectivity index is 1.99. The third-order valence-corrected chi connectivity index (χ3v) is 8.54. The van der Waals surface area contributed by atoms with Crippen molar-refractivity contribution in [3.63, 3.8) is 0 Å². The number of thiazole rings is 1. The van der Waals surface area contributed by atoms with E-state index in [0.717, 1.165) is 23.0 Å². The lowest BCUT2D eigenvalue weighted by molar-refractivity contribution is -0.112. The van der Waals surface area contributed by atoms with Gasteiger partial charge in [-0.15, -0.1) is 11.3 Å². The number of hydrogen-bond acceptors (Lipinski definition) is 6. The van der Waals surface area contributed by atoms with Gasteiger partial charge in [-0.3, -0.25) is 19.1 Å². The number of benzene rings is 1. The lowest BCUT2D eigenvalue weighted by Gasteiger charge is -2.17. The maximum atomic E-state index is 13.5. The molecule has 0 bridgehead atoms. The van der Waals surface area contributed by atoms with Crippen LogP contribution < -0.4 is 19.7 Å². The Labute approximate surface area is 194 Å². The van der Waals surface area contributed by atoms with Crippen molar-refractivity contribution < 1.29 is 4.79 Å². The van der Waals surface area contributed by atoms with Crippen molar-refractivity contribution in [3.05, 3.63) is 60.5 Å². The van der Waals surface area contributed by atoms with Crippen molar-refractivity contribution in [2.45, 2.75) is 34.2 Å². The van der Waals surface area contributed by atoms with Gasteiger partial charge in [0.05, 0.1) is 5.69 Å². The fourth-order valence-electron chi connectivity index (χ4n) is 3.80. The highest BCUT2D eigenvalue weighted by atomic mass is 32.2. The molecule has 1 aromatic heterocycles. The van der Waals surface area contributed by atoms with E-state index in [1.807, 2.05) is 37.3 Å². The van der Waals surface area contributed by atoms with Crippen molar-refractivity contribution in [1.82, 2.24) is 14.4 Å². The number of para-hydroxylation sites is 1. The van der Waals surface area contributed by atoms with Crippen LogP contribution in [-0.4, -0.2) is 39.0 Å². The minimum Gasteiger partial charge on any atom is -0.338 e. The molecule has 2 aliphatic heterocycles. The highest BCUT2D eigenvalue weighted by molar-refractivity contribution is 8.11. The van der Waals surface area contributed by atoms with Gasteiger partial charge >= 0.3 is 0 Å². The molecule has 0 unspecified atom stereocenters. The topological polar surface area (TPSA) is 48.8 Å². The Morgan fingerprint density at radius 1 is 1.03 bits per heavy atom. The molecule has 1 fully saturated rings. The zero-order valence-corrected chi connectivity index (χ0v) is 20.6.